The summed E-state index contributed by atoms with van der Waals surface area (Å²) in [4.78, 5) is 11.2. The lowest BCUT2D eigenvalue weighted by atomic mass is 10.1. The standard InChI is InChI=1S/C21H27N5O5S/c1-13(2)18-23-21(31-24-18)26-11-9-16(10-12-26)29-14(3)20-22-19(25-30-20)15-5-7-17(8-6-15)32(4,27)28/h5-8,13-14,16H,9-12H2,1-4H3/t14-/m1/s1. The minimum Gasteiger partial charge on any atom is -0.365 e. The second-order valence-corrected chi connectivity index (χ2v) is 10.3. The molecule has 172 valence electrons. The highest BCUT2D eigenvalue weighted by atomic mass is 32.2. The van der Waals surface area contributed by atoms with E-state index in [0.29, 0.717) is 29.1 Å². The summed E-state index contributed by atoms with van der Waals surface area (Å²) in [6.07, 6.45) is 2.50. The SMILES string of the molecule is CC(C)c1noc(N2CCC(O[C@H](C)c3nc(-c4ccc(S(C)(=O)=O)cc4)no3)CC2)n1. The van der Waals surface area contributed by atoms with E-state index in [1.54, 1.807) is 12.1 Å². The van der Waals surface area contributed by atoms with Crippen molar-refractivity contribution in [2.24, 2.45) is 0 Å². The minimum atomic E-state index is -3.25. The number of rotatable bonds is 7. The highest BCUT2D eigenvalue weighted by Gasteiger charge is 2.27. The van der Waals surface area contributed by atoms with Gasteiger partial charge in [-0.15, -0.1) is 0 Å². The molecule has 0 aliphatic carbocycles. The number of benzene rings is 1. The van der Waals surface area contributed by atoms with Crippen molar-refractivity contribution >= 4 is 15.9 Å². The summed E-state index contributed by atoms with van der Waals surface area (Å²) in [5, 5.41) is 8.03. The molecule has 3 heterocycles. The summed E-state index contributed by atoms with van der Waals surface area (Å²) in [6.45, 7) is 7.47. The van der Waals surface area contributed by atoms with Gasteiger partial charge in [0.1, 0.15) is 6.10 Å². The van der Waals surface area contributed by atoms with Gasteiger partial charge < -0.3 is 18.7 Å². The van der Waals surface area contributed by atoms with E-state index in [1.807, 2.05) is 20.8 Å². The maximum Gasteiger partial charge on any atom is 0.324 e. The van der Waals surface area contributed by atoms with Gasteiger partial charge in [-0.2, -0.15) is 9.97 Å². The Kier molecular flexibility index (Phi) is 6.29. The van der Waals surface area contributed by atoms with Crippen LogP contribution in [0.15, 0.2) is 38.2 Å². The first kappa shape index (κ1) is 22.4. The Bertz CT molecular complexity index is 1150. The van der Waals surface area contributed by atoms with Crippen molar-refractivity contribution in [3.05, 3.63) is 36.0 Å². The topological polar surface area (TPSA) is 124 Å². The van der Waals surface area contributed by atoms with Crippen molar-refractivity contribution in [3.63, 3.8) is 0 Å². The second kappa shape index (κ2) is 8.99. The maximum absolute atomic E-state index is 11.6. The zero-order chi connectivity index (χ0) is 22.9. The fourth-order valence-corrected chi connectivity index (χ4v) is 4.12. The highest BCUT2D eigenvalue weighted by molar-refractivity contribution is 7.90. The van der Waals surface area contributed by atoms with Gasteiger partial charge in [-0.3, -0.25) is 0 Å². The predicted molar refractivity (Wildman–Crippen MR) is 116 cm³/mol. The van der Waals surface area contributed by atoms with E-state index in [4.69, 9.17) is 13.8 Å². The molecule has 11 heteroatoms. The monoisotopic (exact) mass is 461 g/mol. The molecule has 1 aliphatic rings. The average molecular weight is 462 g/mol. The van der Waals surface area contributed by atoms with Gasteiger partial charge in [0.15, 0.2) is 15.7 Å². The van der Waals surface area contributed by atoms with E-state index in [0.717, 1.165) is 25.9 Å². The summed E-state index contributed by atoms with van der Waals surface area (Å²) in [5.74, 6) is 1.71. The first-order valence-corrected chi connectivity index (χ1v) is 12.5. The zero-order valence-electron chi connectivity index (χ0n) is 18.6. The van der Waals surface area contributed by atoms with E-state index in [-0.39, 0.29) is 23.0 Å². The van der Waals surface area contributed by atoms with Crippen LogP contribution in [-0.2, 0) is 14.6 Å². The molecule has 1 atom stereocenters. The van der Waals surface area contributed by atoms with Crippen LogP contribution < -0.4 is 4.90 Å². The van der Waals surface area contributed by atoms with E-state index >= 15 is 0 Å². The van der Waals surface area contributed by atoms with Gasteiger partial charge >= 0.3 is 6.01 Å². The van der Waals surface area contributed by atoms with Crippen LogP contribution in [0.5, 0.6) is 0 Å². The molecule has 0 bridgehead atoms. The average Bonchev–Trinajstić information content (AvgIpc) is 3.44. The fourth-order valence-electron chi connectivity index (χ4n) is 3.49. The van der Waals surface area contributed by atoms with Crippen molar-refractivity contribution < 1.29 is 22.2 Å². The van der Waals surface area contributed by atoms with Crippen molar-refractivity contribution in [2.45, 2.75) is 56.6 Å². The number of hydrogen-bond acceptors (Lipinski definition) is 10. The van der Waals surface area contributed by atoms with Crippen LogP contribution in [0, 0.1) is 0 Å². The Morgan fingerprint density at radius 1 is 1.03 bits per heavy atom. The normalized spacial score (nSPS) is 16.6. The molecule has 0 radical (unpaired) electrons. The lowest BCUT2D eigenvalue weighted by molar-refractivity contribution is -0.0303. The summed E-state index contributed by atoms with van der Waals surface area (Å²) in [6, 6.07) is 6.94. The summed E-state index contributed by atoms with van der Waals surface area (Å²) in [7, 11) is -3.25. The van der Waals surface area contributed by atoms with Gasteiger partial charge in [0.2, 0.25) is 5.82 Å². The van der Waals surface area contributed by atoms with Crippen LogP contribution in [0.1, 0.15) is 57.3 Å². The number of ether oxygens (including phenoxy) is 1. The van der Waals surface area contributed by atoms with Crippen LogP contribution in [-0.4, -0.2) is 54.1 Å². The molecular weight excluding hydrogens is 434 g/mol. The van der Waals surface area contributed by atoms with Gasteiger partial charge in [0.05, 0.1) is 11.0 Å². The molecular formula is C21H27N5O5S. The van der Waals surface area contributed by atoms with Crippen molar-refractivity contribution in [1.29, 1.82) is 0 Å². The number of anilines is 1. The molecule has 1 saturated heterocycles. The second-order valence-electron chi connectivity index (χ2n) is 8.31. The van der Waals surface area contributed by atoms with E-state index in [9.17, 15) is 8.42 Å². The predicted octanol–water partition coefficient (Wildman–Crippen LogP) is 3.39. The molecule has 0 N–H and O–H groups in total. The molecule has 0 amide bonds. The van der Waals surface area contributed by atoms with Gasteiger partial charge in [-0.25, -0.2) is 8.42 Å². The lowest BCUT2D eigenvalue weighted by Crippen LogP contribution is -2.37. The quantitative estimate of drug-likeness (QED) is 0.517. The van der Waals surface area contributed by atoms with E-state index < -0.39 is 9.84 Å². The molecule has 32 heavy (non-hydrogen) atoms. The Morgan fingerprint density at radius 2 is 1.72 bits per heavy atom. The highest BCUT2D eigenvalue weighted by Crippen LogP contribution is 2.27. The number of aromatic nitrogens is 4. The van der Waals surface area contributed by atoms with Crippen LogP contribution in [0.25, 0.3) is 11.4 Å². The molecule has 4 rings (SSSR count). The van der Waals surface area contributed by atoms with Crippen molar-refractivity contribution in [3.8, 4) is 11.4 Å². The molecule has 2 aromatic heterocycles. The van der Waals surface area contributed by atoms with Gasteiger partial charge in [-0.1, -0.05) is 24.2 Å². The maximum atomic E-state index is 11.6. The summed E-state index contributed by atoms with van der Waals surface area (Å²) < 4.78 is 40.1. The molecule has 1 aromatic carbocycles. The molecule has 1 aliphatic heterocycles. The molecule has 10 nitrogen and oxygen atoms in total. The van der Waals surface area contributed by atoms with E-state index in [2.05, 4.69) is 25.2 Å². The minimum absolute atomic E-state index is 0.0538. The molecule has 1 fully saturated rings. The lowest BCUT2D eigenvalue weighted by Gasteiger charge is -2.31. The van der Waals surface area contributed by atoms with Crippen LogP contribution >= 0.6 is 0 Å². The van der Waals surface area contributed by atoms with E-state index in [1.165, 1.54) is 18.4 Å². The number of hydrogen-bond donors (Lipinski definition) is 0. The molecule has 0 unspecified atom stereocenters. The van der Waals surface area contributed by atoms with Crippen molar-refractivity contribution in [1.82, 2.24) is 20.3 Å². The Morgan fingerprint density at radius 3 is 2.31 bits per heavy atom. The van der Waals surface area contributed by atoms with Gasteiger partial charge in [-0.05, 0) is 44.0 Å². The third kappa shape index (κ3) is 4.99. The Hall–Kier alpha value is -2.79. The van der Waals surface area contributed by atoms with Gasteiger partial charge in [0, 0.05) is 30.8 Å². The third-order valence-corrected chi connectivity index (χ3v) is 6.52. The van der Waals surface area contributed by atoms with Crippen LogP contribution in [0.4, 0.5) is 6.01 Å². The number of piperidine rings is 1. The van der Waals surface area contributed by atoms with Crippen LogP contribution in [0.2, 0.25) is 0 Å². The third-order valence-electron chi connectivity index (χ3n) is 5.39. The first-order valence-electron chi connectivity index (χ1n) is 10.6. The summed E-state index contributed by atoms with van der Waals surface area (Å²) >= 11 is 0. The van der Waals surface area contributed by atoms with Gasteiger partial charge in [0.25, 0.3) is 5.89 Å². The Balaban J connectivity index is 1.33. The summed E-state index contributed by atoms with van der Waals surface area (Å²) in [5.41, 5.74) is 0.674. The molecule has 0 saturated carbocycles. The first-order chi connectivity index (χ1) is 15.2. The van der Waals surface area contributed by atoms with Crippen LogP contribution in [0.3, 0.4) is 0 Å². The van der Waals surface area contributed by atoms with Crippen molar-refractivity contribution in [2.75, 3.05) is 24.2 Å². The number of sulfone groups is 1. The smallest absolute Gasteiger partial charge is 0.324 e. The zero-order valence-corrected chi connectivity index (χ0v) is 19.4. The molecule has 0 spiro atoms. The Labute approximate surface area is 186 Å². The fraction of sp³-hybridized carbons (Fsp3) is 0.524. The number of nitrogens with zero attached hydrogens (tertiary/aromatic N) is 5. The largest absolute Gasteiger partial charge is 0.365 e. The molecule has 3 aromatic rings.